The lowest BCUT2D eigenvalue weighted by Gasteiger charge is -2.20. The van der Waals surface area contributed by atoms with Crippen molar-refractivity contribution in [2.45, 2.75) is 12.7 Å². The van der Waals surface area contributed by atoms with Crippen molar-refractivity contribution in [2.24, 2.45) is 0 Å². The number of carbonyl (C=O) groups excluding carboxylic acids is 2. The minimum Gasteiger partial charge on any atom is -0.497 e. The fourth-order valence-electron chi connectivity index (χ4n) is 2.77. The Morgan fingerprint density at radius 1 is 1.16 bits per heavy atom. The summed E-state index contributed by atoms with van der Waals surface area (Å²) in [7, 11) is 2.92. The van der Waals surface area contributed by atoms with E-state index < -0.39 is 4.92 Å². The smallest absolute Gasteiger partial charge is 0.311 e. The molecule has 0 saturated carbocycles. The van der Waals surface area contributed by atoms with Gasteiger partial charge in [0.25, 0.3) is 0 Å². The Balaban J connectivity index is 1.87. The number of nitrogens with zero attached hydrogens (tertiary/aromatic N) is 2. The number of rotatable bonds is 11. The van der Waals surface area contributed by atoms with E-state index in [-0.39, 0.29) is 35.5 Å². The van der Waals surface area contributed by atoms with E-state index in [0.717, 1.165) is 0 Å². The van der Waals surface area contributed by atoms with E-state index in [0.29, 0.717) is 29.3 Å². The summed E-state index contributed by atoms with van der Waals surface area (Å²) in [4.78, 5) is 36.9. The van der Waals surface area contributed by atoms with Crippen molar-refractivity contribution in [1.82, 2.24) is 4.90 Å². The average Bonchev–Trinajstić information content (AvgIpc) is 2.77. The number of ether oxygens (including phenoxy) is 2. The van der Waals surface area contributed by atoms with Crippen LogP contribution >= 0.6 is 11.8 Å². The summed E-state index contributed by atoms with van der Waals surface area (Å²) in [6, 6.07) is 11.7. The van der Waals surface area contributed by atoms with E-state index in [9.17, 15) is 19.7 Å². The number of carbonyl (C=O) groups is 2. The molecule has 2 amide bonds. The molecule has 31 heavy (non-hydrogen) atoms. The molecule has 0 heterocycles. The zero-order valence-electron chi connectivity index (χ0n) is 17.6. The van der Waals surface area contributed by atoms with Crippen LogP contribution in [-0.2, 0) is 15.3 Å². The van der Waals surface area contributed by atoms with Gasteiger partial charge in [-0.3, -0.25) is 19.7 Å². The molecule has 0 saturated heterocycles. The number of hydrogen-bond donors (Lipinski definition) is 1. The monoisotopic (exact) mass is 447 g/mol. The lowest BCUT2D eigenvalue weighted by atomic mass is 10.2. The predicted octanol–water partition coefficient (Wildman–Crippen LogP) is 3.33. The van der Waals surface area contributed by atoms with E-state index in [1.54, 1.807) is 44.4 Å². The molecule has 0 spiro atoms. The molecular weight excluding hydrogens is 422 g/mol. The highest BCUT2D eigenvalue weighted by molar-refractivity contribution is 7.99. The molecule has 2 aromatic carbocycles. The van der Waals surface area contributed by atoms with Crippen LogP contribution in [0.25, 0.3) is 0 Å². The van der Waals surface area contributed by atoms with Crippen LogP contribution in [0.3, 0.4) is 0 Å². The maximum atomic E-state index is 12.5. The van der Waals surface area contributed by atoms with Crippen LogP contribution in [0.1, 0.15) is 12.5 Å². The Hall–Kier alpha value is -3.27. The van der Waals surface area contributed by atoms with Gasteiger partial charge in [-0.2, -0.15) is 0 Å². The summed E-state index contributed by atoms with van der Waals surface area (Å²) in [6.45, 7) is 2.12. The molecule has 0 radical (unpaired) electrons. The number of anilines is 1. The Labute approximate surface area is 184 Å². The molecule has 0 bridgehead atoms. The molecule has 1 N–H and O–H groups in total. The molecule has 10 heteroatoms. The van der Waals surface area contributed by atoms with Gasteiger partial charge < -0.3 is 19.7 Å². The molecule has 0 aliphatic rings. The first-order valence-corrected chi connectivity index (χ1v) is 10.6. The number of nitro benzene ring substituents is 1. The van der Waals surface area contributed by atoms with Crippen molar-refractivity contribution in [3.8, 4) is 11.5 Å². The highest BCUT2D eigenvalue weighted by Gasteiger charge is 2.18. The van der Waals surface area contributed by atoms with Gasteiger partial charge in [0.05, 0.1) is 31.4 Å². The van der Waals surface area contributed by atoms with Gasteiger partial charge in [0, 0.05) is 30.1 Å². The van der Waals surface area contributed by atoms with Gasteiger partial charge in [0.15, 0.2) is 5.75 Å². The van der Waals surface area contributed by atoms with Crippen LogP contribution < -0.4 is 14.8 Å². The molecule has 0 aliphatic carbocycles. The standard InChI is InChI=1S/C21H25N3O6S/c1-4-23(12-20(25)22-16-6-5-7-17(11-16)29-2)21(26)14-31-13-15-8-9-19(30-3)18(10-15)24(27)28/h5-11H,4,12-14H2,1-3H3,(H,22,25). The first kappa shape index (κ1) is 24.0. The minimum absolute atomic E-state index is 0.0683. The van der Waals surface area contributed by atoms with Crippen LogP contribution in [0, 0.1) is 10.1 Å². The zero-order chi connectivity index (χ0) is 22.8. The fourth-order valence-corrected chi connectivity index (χ4v) is 3.64. The first-order valence-electron chi connectivity index (χ1n) is 9.48. The molecular formula is C21H25N3O6S. The molecule has 0 aliphatic heterocycles. The van der Waals surface area contributed by atoms with Crippen LogP contribution in [0.2, 0.25) is 0 Å². The van der Waals surface area contributed by atoms with Gasteiger partial charge in [-0.25, -0.2) is 0 Å². The number of nitrogens with one attached hydrogen (secondary N) is 1. The maximum Gasteiger partial charge on any atom is 0.311 e. The number of amides is 2. The van der Waals surface area contributed by atoms with Crippen LogP contribution in [0.5, 0.6) is 11.5 Å². The lowest BCUT2D eigenvalue weighted by molar-refractivity contribution is -0.385. The third kappa shape index (κ3) is 7.18. The Bertz CT molecular complexity index is 937. The second-order valence-electron chi connectivity index (χ2n) is 6.44. The first-order chi connectivity index (χ1) is 14.9. The summed E-state index contributed by atoms with van der Waals surface area (Å²) in [5.41, 5.74) is 1.18. The number of methoxy groups -OCH3 is 2. The van der Waals surface area contributed by atoms with Gasteiger partial charge in [-0.05, 0) is 30.7 Å². The number of likely N-dealkylation sites (N-methyl/N-ethyl adjacent to an activating group) is 1. The second-order valence-corrected chi connectivity index (χ2v) is 7.43. The quantitative estimate of drug-likeness (QED) is 0.415. The van der Waals surface area contributed by atoms with E-state index in [1.165, 1.54) is 35.9 Å². The molecule has 0 aromatic heterocycles. The Kier molecular flexibility index (Phi) is 9.13. The lowest BCUT2D eigenvalue weighted by Crippen LogP contribution is -2.38. The van der Waals surface area contributed by atoms with Crippen LogP contribution in [-0.4, -0.2) is 54.7 Å². The van der Waals surface area contributed by atoms with Crippen molar-refractivity contribution in [3.05, 3.63) is 58.1 Å². The van der Waals surface area contributed by atoms with E-state index in [1.807, 2.05) is 0 Å². The number of nitro groups is 1. The largest absolute Gasteiger partial charge is 0.497 e. The molecule has 9 nitrogen and oxygen atoms in total. The Morgan fingerprint density at radius 3 is 2.58 bits per heavy atom. The van der Waals surface area contributed by atoms with E-state index in [4.69, 9.17) is 9.47 Å². The highest BCUT2D eigenvalue weighted by Crippen LogP contribution is 2.29. The molecule has 0 atom stereocenters. The summed E-state index contributed by atoms with van der Waals surface area (Å²) in [6.07, 6.45) is 0. The third-order valence-corrected chi connectivity index (χ3v) is 5.35. The van der Waals surface area contributed by atoms with Crippen molar-refractivity contribution in [3.63, 3.8) is 0 Å². The van der Waals surface area contributed by atoms with Gasteiger partial charge in [-0.15, -0.1) is 11.8 Å². The Morgan fingerprint density at radius 2 is 1.94 bits per heavy atom. The summed E-state index contributed by atoms with van der Waals surface area (Å²) in [5, 5.41) is 13.9. The van der Waals surface area contributed by atoms with Gasteiger partial charge in [0.2, 0.25) is 11.8 Å². The topological polar surface area (TPSA) is 111 Å². The van der Waals surface area contributed by atoms with Crippen molar-refractivity contribution in [2.75, 3.05) is 38.4 Å². The second kappa shape index (κ2) is 11.8. The normalized spacial score (nSPS) is 10.3. The van der Waals surface area contributed by atoms with E-state index in [2.05, 4.69) is 5.32 Å². The van der Waals surface area contributed by atoms with Crippen molar-refractivity contribution < 1.29 is 24.0 Å². The van der Waals surface area contributed by atoms with E-state index >= 15 is 0 Å². The molecule has 166 valence electrons. The average molecular weight is 448 g/mol. The van der Waals surface area contributed by atoms with Gasteiger partial charge >= 0.3 is 5.69 Å². The fraction of sp³-hybridized carbons (Fsp3) is 0.333. The van der Waals surface area contributed by atoms with Crippen molar-refractivity contribution in [1.29, 1.82) is 0 Å². The molecule has 0 unspecified atom stereocenters. The number of benzene rings is 2. The summed E-state index contributed by atoms with van der Waals surface area (Å²) < 4.78 is 10.1. The summed E-state index contributed by atoms with van der Waals surface area (Å²) in [5.74, 6) is 0.894. The number of hydrogen-bond acceptors (Lipinski definition) is 7. The minimum atomic E-state index is -0.502. The maximum absolute atomic E-state index is 12.5. The van der Waals surface area contributed by atoms with Crippen molar-refractivity contribution >= 4 is 35.0 Å². The van der Waals surface area contributed by atoms with Gasteiger partial charge in [-0.1, -0.05) is 12.1 Å². The van der Waals surface area contributed by atoms with Crippen LogP contribution in [0.4, 0.5) is 11.4 Å². The SMILES string of the molecule is CCN(CC(=O)Nc1cccc(OC)c1)C(=O)CSCc1ccc(OC)c([N+](=O)[O-])c1. The highest BCUT2D eigenvalue weighted by atomic mass is 32.2. The summed E-state index contributed by atoms with van der Waals surface area (Å²) >= 11 is 1.33. The van der Waals surface area contributed by atoms with Crippen LogP contribution in [0.15, 0.2) is 42.5 Å². The molecule has 2 rings (SSSR count). The number of thioether (sulfide) groups is 1. The molecule has 0 fully saturated rings. The molecule has 2 aromatic rings. The third-order valence-electron chi connectivity index (χ3n) is 4.36. The zero-order valence-corrected chi connectivity index (χ0v) is 18.4. The van der Waals surface area contributed by atoms with Gasteiger partial charge in [0.1, 0.15) is 5.75 Å². The predicted molar refractivity (Wildman–Crippen MR) is 120 cm³/mol.